The lowest BCUT2D eigenvalue weighted by Gasteiger charge is -2.01. The number of aromatic nitrogens is 2. The van der Waals surface area contributed by atoms with Crippen LogP contribution in [0.15, 0.2) is 36.5 Å². The first-order valence-corrected chi connectivity index (χ1v) is 4.95. The summed E-state index contributed by atoms with van der Waals surface area (Å²) >= 11 is 0. The Bertz CT molecular complexity index is 446. The van der Waals surface area contributed by atoms with Gasteiger partial charge in [-0.05, 0) is 6.92 Å². The molecule has 1 N–H and O–H groups in total. The highest BCUT2D eigenvalue weighted by Crippen LogP contribution is 2.20. The summed E-state index contributed by atoms with van der Waals surface area (Å²) in [5, 5.41) is 9.48. The number of benzene rings is 1. The van der Waals surface area contributed by atoms with Crippen molar-refractivity contribution in [3.8, 4) is 11.3 Å². The van der Waals surface area contributed by atoms with Gasteiger partial charge in [0.15, 0.2) is 0 Å². The van der Waals surface area contributed by atoms with Crippen molar-refractivity contribution in [2.45, 2.75) is 13.0 Å². The van der Waals surface area contributed by atoms with Gasteiger partial charge in [-0.15, -0.1) is 0 Å². The van der Waals surface area contributed by atoms with E-state index in [1.54, 1.807) is 6.92 Å². The third-order valence-corrected chi connectivity index (χ3v) is 2.36. The van der Waals surface area contributed by atoms with E-state index in [4.69, 9.17) is 0 Å². The summed E-state index contributed by atoms with van der Waals surface area (Å²) in [5.74, 6) is 0.689. The predicted octanol–water partition coefficient (Wildman–Crippen LogP) is 2.14. The first-order chi connectivity index (χ1) is 7.18. The fourth-order valence-corrected chi connectivity index (χ4v) is 1.62. The van der Waals surface area contributed by atoms with Crippen molar-refractivity contribution >= 4 is 0 Å². The Morgan fingerprint density at radius 2 is 1.93 bits per heavy atom. The van der Waals surface area contributed by atoms with Gasteiger partial charge in [-0.2, -0.15) is 0 Å². The summed E-state index contributed by atoms with van der Waals surface area (Å²) in [4.78, 5) is 4.39. The number of hydrogen-bond acceptors (Lipinski definition) is 2. The van der Waals surface area contributed by atoms with Crippen LogP contribution in [0, 0.1) is 0 Å². The first kappa shape index (κ1) is 9.93. The van der Waals surface area contributed by atoms with Crippen molar-refractivity contribution in [2.24, 2.45) is 7.05 Å². The molecule has 15 heavy (non-hydrogen) atoms. The molecule has 0 bridgehead atoms. The van der Waals surface area contributed by atoms with Crippen LogP contribution >= 0.6 is 0 Å². The number of nitrogens with zero attached hydrogens (tertiary/aromatic N) is 2. The molecule has 1 aromatic carbocycles. The standard InChI is InChI=1S/C12H14N2O/c1-9(15)12-13-11(8-14(12)2)10-6-4-3-5-7-10/h3-9,15H,1-2H3. The summed E-state index contributed by atoms with van der Waals surface area (Å²) in [7, 11) is 1.89. The first-order valence-electron chi connectivity index (χ1n) is 4.95. The van der Waals surface area contributed by atoms with Crippen molar-refractivity contribution in [1.29, 1.82) is 0 Å². The average molecular weight is 202 g/mol. The largest absolute Gasteiger partial charge is 0.385 e. The molecule has 0 amide bonds. The summed E-state index contributed by atoms with van der Waals surface area (Å²) in [5.41, 5.74) is 1.97. The van der Waals surface area contributed by atoms with Gasteiger partial charge in [0, 0.05) is 18.8 Å². The normalized spacial score (nSPS) is 12.7. The van der Waals surface area contributed by atoms with Crippen LogP contribution in [0.5, 0.6) is 0 Å². The monoisotopic (exact) mass is 202 g/mol. The van der Waals surface area contributed by atoms with E-state index < -0.39 is 6.10 Å². The maximum absolute atomic E-state index is 9.48. The molecule has 3 heteroatoms. The smallest absolute Gasteiger partial charge is 0.137 e. The summed E-state index contributed by atoms with van der Waals surface area (Å²) < 4.78 is 1.85. The molecule has 0 radical (unpaired) electrons. The van der Waals surface area contributed by atoms with Crippen molar-refractivity contribution in [2.75, 3.05) is 0 Å². The Kier molecular flexibility index (Phi) is 2.56. The van der Waals surface area contributed by atoms with Gasteiger partial charge < -0.3 is 9.67 Å². The molecular formula is C12H14N2O. The molecule has 0 aliphatic heterocycles. The molecule has 0 fully saturated rings. The van der Waals surface area contributed by atoms with Crippen LogP contribution in [-0.4, -0.2) is 14.7 Å². The van der Waals surface area contributed by atoms with E-state index in [0.29, 0.717) is 5.82 Å². The molecule has 0 saturated heterocycles. The van der Waals surface area contributed by atoms with Crippen molar-refractivity contribution in [3.05, 3.63) is 42.4 Å². The minimum Gasteiger partial charge on any atom is -0.385 e. The van der Waals surface area contributed by atoms with E-state index in [-0.39, 0.29) is 0 Å². The quantitative estimate of drug-likeness (QED) is 0.810. The van der Waals surface area contributed by atoms with E-state index in [1.807, 2.05) is 48.1 Å². The van der Waals surface area contributed by atoms with Gasteiger partial charge in [-0.3, -0.25) is 0 Å². The fraction of sp³-hybridized carbons (Fsp3) is 0.250. The van der Waals surface area contributed by atoms with Crippen LogP contribution in [0.2, 0.25) is 0 Å². The van der Waals surface area contributed by atoms with Gasteiger partial charge >= 0.3 is 0 Å². The van der Waals surface area contributed by atoms with Crippen LogP contribution in [0.4, 0.5) is 0 Å². The summed E-state index contributed by atoms with van der Waals surface area (Å²) in [6, 6.07) is 9.95. The number of aryl methyl sites for hydroxylation is 1. The zero-order valence-corrected chi connectivity index (χ0v) is 8.88. The molecule has 1 heterocycles. The third kappa shape index (κ3) is 1.92. The Morgan fingerprint density at radius 3 is 2.47 bits per heavy atom. The number of hydrogen-bond donors (Lipinski definition) is 1. The van der Waals surface area contributed by atoms with Crippen LogP contribution in [0.3, 0.4) is 0 Å². The van der Waals surface area contributed by atoms with Crippen LogP contribution < -0.4 is 0 Å². The molecule has 1 unspecified atom stereocenters. The van der Waals surface area contributed by atoms with Gasteiger partial charge in [-0.1, -0.05) is 30.3 Å². The van der Waals surface area contributed by atoms with Gasteiger partial charge in [0.2, 0.25) is 0 Å². The molecule has 2 rings (SSSR count). The highest BCUT2D eigenvalue weighted by molar-refractivity contribution is 5.58. The molecule has 0 aliphatic carbocycles. The number of aliphatic hydroxyl groups excluding tert-OH is 1. The maximum atomic E-state index is 9.48. The number of aliphatic hydroxyl groups is 1. The second-order valence-corrected chi connectivity index (χ2v) is 3.64. The van der Waals surface area contributed by atoms with Crippen molar-refractivity contribution < 1.29 is 5.11 Å². The minimum atomic E-state index is -0.535. The lowest BCUT2D eigenvalue weighted by atomic mass is 10.2. The Labute approximate surface area is 89.0 Å². The van der Waals surface area contributed by atoms with Gasteiger partial charge in [0.05, 0.1) is 5.69 Å². The van der Waals surface area contributed by atoms with Crippen LogP contribution in [-0.2, 0) is 7.05 Å². The molecule has 1 aromatic heterocycles. The van der Waals surface area contributed by atoms with Crippen LogP contribution in [0.25, 0.3) is 11.3 Å². The van der Waals surface area contributed by atoms with E-state index in [0.717, 1.165) is 11.3 Å². The third-order valence-electron chi connectivity index (χ3n) is 2.36. The molecule has 1 atom stereocenters. The van der Waals surface area contributed by atoms with Crippen molar-refractivity contribution in [1.82, 2.24) is 9.55 Å². The highest BCUT2D eigenvalue weighted by Gasteiger charge is 2.10. The fourth-order valence-electron chi connectivity index (χ4n) is 1.62. The molecule has 0 saturated carbocycles. The van der Waals surface area contributed by atoms with Crippen molar-refractivity contribution in [3.63, 3.8) is 0 Å². The summed E-state index contributed by atoms with van der Waals surface area (Å²) in [6.07, 6.45) is 1.39. The number of rotatable bonds is 2. The van der Waals surface area contributed by atoms with Crippen LogP contribution in [0.1, 0.15) is 18.9 Å². The molecule has 2 aromatic rings. The Balaban J connectivity index is 2.43. The zero-order chi connectivity index (χ0) is 10.8. The minimum absolute atomic E-state index is 0.535. The molecule has 78 valence electrons. The lowest BCUT2D eigenvalue weighted by molar-refractivity contribution is 0.185. The van der Waals surface area contributed by atoms with Gasteiger partial charge in [0.1, 0.15) is 11.9 Å². The zero-order valence-electron chi connectivity index (χ0n) is 8.88. The van der Waals surface area contributed by atoms with Gasteiger partial charge in [0.25, 0.3) is 0 Å². The Morgan fingerprint density at radius 1 is 1.27 bits per heavy atom. The topological polar surface area (TPSA) is 38.1 Å². The summed E-state index contributed by atoms with van der Waals surface area (Å²) in [6.45, 7) is 1.72. The van der Waals surface area contributed by atoms with E-state index in [2.05, 4.69) is 4.98 Å². The predicted molar refractivity (Wildman–Crippen MR) is 59.3 cm³/mol. The SMILES string of the molecule is CC(O)c1nc(-c2ccccc2)cn1C. The molecular weight excluding hydrogens is 188 g/mol. The molecule has 0 aliphatic rings. The number of imidazole rings is 1. The lowest BCUT2D eigenvalue weighted by Crippen LogP contribution is -2.00. The average Bonchev–Trinajstić information content (AvgIpc) is 2.62. The second kappa shape index (κ2) is 3.87. The molecule has 0 spiro atoms. The van der Waals surface area contributed by atoms with E-state index in [9.17, 15) is 5.11 Å². The van der Waals surface area contributed by atoms with Gasteiger partial charge in [-0.25, -0.2) is 4.98 Å². The second-order valence-electron chi connectivity index (χ2n) is 3.64. The Hall–Kier alpha value is -1.61. The molecule has 3 nitrogen and oxygen atoms in total. The van der Waals surface area contributed by atoms with E-state index in [1.165, 1.54) is 0 Å². The maximum Gasteiger partial charge on any atom is 0.137 e. The highest BCUT2D eigenvalue weighted by atomic mass is 16.3. The van der Waals surface area contributed by atoms with E-state index >= 15 is 0 Å².